The number of carbonyl (C=O) groups excluding carboxylic acids is 1. The van der Waals surface area contributed by atoms with E-state index >= 15 is 0 Å². The molecule has 0 spiro atoms. The first-order valence-electron chi connectivity index (χ1n) is 7.84. The summed E-state index contributed by atoms with van der Waals surface area (Å²) in [5, 5.41) is 0. The minimum absolute atomic E-state index is 0. The summed E-state index contributed by atoms with van der Waals surface area (Å²) >= 11 is 0. The average Bonchev–Trinajstić information content (AvgIpc) is 2.46. The fourth-order valence-electron chi connectivity index (χ4n) is 1.72. The van der Waals surface area contributed by atoms with Crippen LogP contribution < -0.4 is 0 Å². The number of hydrogen-bond acceptors (Lipinski definition) is 1. The zero-order valence-corrected chi connectivity index (χ0v) is 17.0. The quantitative estimate of drug-likeness (QED) is 0.347. The summed E-state index contributed by atoms with van der Waals surface area (Å²) in [5.41, 5.74) is 4.63. The molecule has 0 aromatic rings. The second-order valence-electron chi connectivity index (χ2n) is 5.70. The maximum atomic E-state index is 12.0. The van der Waals surface area contributed by atoms with Gasteiger partial charge in [-0.05, 0) is 41.5 Å². The van der Waals surface area contributed by atoms with Gasteiger partial charge in [-0.25, -0.2) is 0 Å². The van der Waals surface area contributed by atoms with Gasteiger partial charge in [-0.1, -0.05) is 70.9 Å². The molecular formula is C21H30ORu. The van der Waals surface area contributed by atoms with Gasteiger partial charge < -0.3 is 0 Å². The fourth-order valence-corrected chi connectivity index (χ4v) is 1.72. The number of rotatable bonds is 8. The Kier molecular flexibility index (Phi) is 15.0. The van der Waals surface area contributed by atoms with E-state index in [2.05, 4.69) is 26.0 Å². The van der Waals surface area contributed by atoms with Crippen LogP contribution in [0.5, 0.6) is 0 Å². The summed E-state index contributed by atoms with van der Waals surface area (Å²) in [5.74, 6) is 0.259. The molecular weight excluding hydrogens is 369 g/mol. The van der Waals surface area contributed by atoms with Crippen LogP contribution in [0.3, 0.4) is 0 Å². The summed E-state index contributed by atoms with van der Waals surface area (Å²) in [6.07, 6.45) is 17.3. The molecule has 0 fully saturated rings. The van der Waals surface area contributed by atoms with Crippen LogP contribution in [0.1, 0.15) is 54.4 Å². The van der Waals surface area contributed by atoms with Crippen molar-refractivity contribution in [1.82, 2.24) is 0 Å². The van der Waals surface area contributed by atoms with E-state index in [1.807, 2.05) is 64.2 Å². The van der Waals surface area contributed by atoms with E-state index in [4.69, 9.17) is 0 Å². The van der Waals surface area contributed by atoms with Crippen LogP contribution in [0.25, 0.3) is 0 Å². The van der Waals surface area contributed by atoms with Gasteiger partial charge in [0.1, 0.15) is 5.78 Å². The Labute approximate surface area is 155 Å². The molecule has 0 heterocycles. The summed E-state index contributed by atoms with van der Waals surface area (Å²) in [4.78, 5) is 12.0. The van der Waals surface area contributed by atoms with Crippen LogP contribution in [0.2, 0.25) is 0 Å². The van der Waals surface area contributed by atoms with E-state index in [9.17, 15) is 4.79 Å². The van der Waals surface area contributed by atoms with Crippen LogP contribution in [0.15, 0.2) is 70.9 Å². The molecule has 128 valence electrons. The first kappa shape index (κ1) is 24.0. The van der Waals surface area contributed by atoms with Crippen molar-refractivity contribution in [2.24, 2.45) is 0 Å². The Balaban J connectivity index is 0. The van der Waals surface area contributed by atoms with E-state index in [-0.39, 0.29) is 25.3 Å². The predicted molar refractivity (Wildman–Crippen MR) is 98.9 cm³/mol. The standard InChI is InChI=1S/C21H30O.Ru/c1-7-17(3)11-9-13-19(5)15-21(22)16-20(6)14-10-12-18(4)8-2;/h7-14H,15-16H2,1-6H3;. The van der Waals surface area contributed by atoms with E-state index in [0.29, 0.717) is 12.8 Å². The normalized spacial score (nSPS) is 14.5. The zero-order chi connectivity index (χ0) is 17.0. The first-order chi connectivity index (χ1) is 10.4. The molecule has 0 saturated heterocycles. The Morgan fingerprint density at radius 2 is 1.09 bits per heavy atom. The maximum absolute atomic E-state index is 12.0. The molecule has 2 heteroatoms. The Morgan fingerprint density at radius 1 is 0.739 bits per heavy atom. The van der Waals surface area contributed by atoms with Gasteiger partial charge in [0.05, 0.1) is 0 Å². The van der Waals surface area contributed by atoms with Crippen molar-refractivity contribution in [1.29, 1.82) is 0 Å². The van der Waals surface area contributed by atoms with Crippen molar-refractivity contribution < 1.29 is 24.3 Å². The van der Waals surface area contributed by atoms with Gasteiger partial charge in [0, 0.05) is 32.3 Å². The Morgan fingerprint density at radius 3 is 1.39 bits per heavy atom. The molecule has 0 saturated carbocycles. The number of Topliss-reactive ketones (excluding diaryl/α,β-unsaturated/α-hetero) is 1. The molecule has 0 aromatic heterocycles. The van der Waals surface area contributed by atoms with Crippen LogP contribution in [-0.2, 0) is 24.3 Å². The molecule has 0 bridgehead atoms. The number of allylic oxidation sites excluding steroid dienone is 12. The van der Waals surface area contributed by atoms with Crippen molar-refractivity contribution >= 4 is 5.78 Å². The average molecular weight is 400 g/mol. The van der Waals surface area contributed by atoms with Crippen molar-refractivity contribution in [3.05, 3.63) is 70.9 Å². The molecule has 0 aromatic carbocycles. The topological polar surface area (TPSA) is 17.1 Å². The zero-order valence-electron chi connectivity index (χ0n) is 15.3. The summed E-state index contributed by atoms with van der Waals surface area (Å²) in [6.45, 7) is 12.1. The second kappa shape index (κ2) is 14.3. The van der Waals surface area contributed by atoms with Crippen LogP contribution >= 0.6 is 0 Å². The smallest absolute Gasteiger partial charge is 0.140 e. The van der Waals surface area contributed by atoms with Gasteiger partial charge in [-0.3, -0.25) is 4.79 Å². The van der Waals surface area contributed by atoms with Crippen LogP contribution in [-0.4, -0.2) is 5.78 Å². The molecule has 0 aliphatic carbocycles. The summed E-state index contributed by atoms with van der Waals surface area (Å²) in [7, 11) is 0. The summed E-state index contributed by atoms with van der Waals surface area (Å²) < 4.78 is 0. The predicted octanol–water partition coefficient (Wildman–Crippen LogP) is 6.27. The molecule has 0 atom stereocenters. The molecule has 0 amide bonds. The SMILES string of the molecule is CC=C(C)C=CC=C(C)CC(=O)CC(C)=CC=CC(C)=CC.[Ru]. The maximum Gasteiger partial charge on any atom is 0.140 e. The van der Waals surface area contributed by atoms with E-state index in [0.717, 1.165) is 11.1 Å². The molecule has 0 aliphatic rings. The van der Waals surface area contributed by atoms with Crippen molar-refractivity contribution in [2.45, 2.75) is 54.4 Å². The third kappa shape index (κ3) is 14.1. The third-order valence-electron chi connectivity index (χ3n) is 3.34. The molecule has 0 N–H and O–H groups in total. The number of carbonyl (C=O) groups is 1. The fraction of sp³-hybridized carbons (Fsp3) is 0.381. The van der Waals surface area contributed by atoms with Crippen LogP contribution in [0.4, 0.5) is 0 Å². The monoisotopic (exact) mass is 400 g/mol. The molecule has 0 aliphatic heterocycles. The third-order valence-corrected chi connectivity index (χ3v) is 3.34. The van der Waals surface area contributed by atoms with Gasteiger partial charge in [0.2, 0.25) is 0 Å². The van der Waals surface area contributed by atoms with Crippen LogP contribution in [0, 0.1) is 0 Å². The van der Waals surface area contributed by atoms with Gasteiger partial charge in [0.15, 0.2) is 0 Å². The van der Waals surface area contributed by atoms with Crippen molar-refractivity contribution in [3.8, 4) is 0 Å². The Bertz CT molecular complexity index is 492. The van der Waals surface area contributed by atoms with Gasteiger partial charge in [0.25, 0.3) is 0 Å². The number of ketones is 1. The van der Waals surface area contributed by atoms with E-state index in [1.165, 1.54) is 11.1 Å². The van der Waals surface area contributed by atoms with Crippen molar-refractivity contribution in [3.63, 3.8) is 0 Å². The molecule has 0 radical (unpaired) electrons. The minimum atomic E-state index is 0. The first-order valence-corrected chi connectivity index (χ1v) is 7.84. The van der Waals surface area contributed by atoms with E-state index in [1.54, 1.807) is 0 Å². The molecule has 0 unspecified atom stereocenters. The van der Waals surface area contributed by atoms with E-state index < -0.39 is 0 Å². The van der Waals surface area contributed by atoms with Gasteiger partial charge in [-0.2, -0.15) is 0 Å². The number of hydrogen-bond donors (Lipinski definition) is 0. The van der Waals surface area contributed by atoms with Gasteiger partial charge >= 0.3 is 0 Å². The molecule has 1 nitrogen and oxygen atoms in total. The molecule has 0 rings (SSSR count). The second-order valence-corrected chi connectivity index (χ2v) is 5.70. The Hall–Kier alpha value is -1.27. The largest absolute Gasteiger partial charge is 0.299 e. The minimum Gasteiger partial charge on any atom is -0.299 e. The molecule has 23 heavy (non-hydrogen) atoms. The van der Waals surface area contributed by atoms with Gasteiger partial charge in [-0.15, -0.1) is 0 Å². The van der Waals surface area contributed by atoms with Crippen molar-refractivity contribution in [2.75, 3.05) is 0 Å². The summed E-state index contributed by atoms with van der Waals surface area (Å²) in [6, 6.07) is 0.